The lowest BCUT2D eigenvalue weighted by atomic mass is 10.0. The van der Waals surface area contributed by atoms with Crippen molar-refractivity contribution in [1.82, 2.24) is 0 Å². The van der Waals surface area contributed by atoms with Crippen LogP contribution in [0.15, 0.2) is 18.2 Å². The normalized spacial score (nSPS) is 10.8. The highest BCUT2D eigenvalue weighted by Crippen LogP contribution is 2.22. The van der Waals surface area contributed by atoms with Gasteiger partial charge >= 0.3 is 0 Å². The van der Waals surface area contributed by atoms with E-state index in [0.717, 1.165) is 38.4 Å². The second-order valence-corrected chi connectivity index (χ2v) is 7.33. The lowest BCUT2D eigenvalue weighted by Gasteiger charge is -2.21. The first kappa shape index (κ1) is 20.5. The molecular weight excluding hydrogens is 501 g/mol. The van der Waals surface area contributed by atoms with Gasteiger partial charge in [0.1, 0.15) is 6.54 Å². The molecule has 1 aromatic rings. The van der Waals surface area contributed by atoms with Crippen molar-refractivity contribution >= 4 is 58.2 Å². The van der Waals surface area contributed by atoms with Gasteiger partial charge in [0.25, 0.3) is 0 Å². The molecule has 1 aromatic carbocycles. The van der Waals surface area contributed by atoms with E-state index in [2.05, 4.69) is 53.0 Å². The van der Waals surface area contributed by atoms with Crippen LogP contribution in [0.2, 0.25) is 0 Å². The van der Waals surface area contributed by atoms with Crippen molar-refractivity contribution in [2.75, 3.05) is 34.3 Å². The van der Waals surface area contributed by atoms with Gasteiger partial charge in [0.05, 0.1) is 27.7 Å². The Kier molecular flexibility index (Phi) is 10.5. The minimum atomic E-state index is 0.0992. The van der Waals surface area contributed by atoms with Gasteiger partial charge < -0.3 is 9.59 Å². The van der Waals surface area contributed by atoms with Crippen LogP contribution >= 0.6 is 54.5 Å². The molecule has 0 saturated carbocycles. The average molecular weight is 522 g/mol. The number of carbonyl (C=O) groups excluding carboxylic acids is 1. The maximum Gasteiger partial charge on any atom is 0.223 e. The van der Waals surface area contributed by atoms with Crippen LogP contribution in [0.5, 0.6) is 0 Å². The topological polar surface area (TPSA) is 37.3 Å². The number of halogens is 3. The summed E-state index contributed by atoms with van der Waals surface area (Å²) in [6, 6.07) is 5.90. The summed E-state index contributed by atoms with van der Waals surface area (Å²) in [6.45, 7) is 1.11. The van der Waals surface area contributed by atoms with Crippen LogP contribution in [0.25, 0.3) is 0 Å². The highest BCUT2D eigenvalue weighted by atomic mass is 127. The van der Waals surface area contributed by atoms with E-state index in [1.807, 2.05) is 40.8 Å². The second-order valence-electron chi connectivity index (χ2n) is 5.23. The predicted octanol–water partition coefficient (Wildman–Crippen LogP) is 3.74. The Labute approximate surface area is 151 Å². The number of carbonyl (C=O) groups is 1. The number of likely N-dealkylation sites (N-methyl/N-ethyl adjacent to an activating group) is 1. The standard InChI is InChI=1S/C9H7Br2IO.C5H14NO/c10-4-6-2-1-3-7(5-11)8(6)9(12)13;1-6(2,3)4-5-7/h1-3H,4-5H2;7H,4-5H2,1-3H3/q;+1. The van der Waals surface area contributed by atoms with Crippen molar-refractivity contribution in [3.05, 3.63) is 34.9 Å². The Balaban J connectivity index is 0.000000441. The van der Waals surface area contributed by atoms with Crippen molar-refractivity contribution in [3.8, 4) is 0 Å². The van der Waals surface area contributed by atoms with Crippen molar-refractivity contribution in [2.24, 2.45) is 0 Å². The van der Waals surface area contributed by atoms with Gasteiger partial charge in [0.2, 0.25) is 3.79 Å². The largest absolute Gasteiger partial charge is 0.391 e. The molecule has 0 bridgehead atoms. The molecule has 0 amide bonds. The van der Waals surface area contributed by atoms with Gasteiger partial charge in [0, 0.05) is 38.8 Å². The van der Waals surface area contributed by atoms with Crippen molar-refractivity contribution in [1.29, 1.82) is 0 Å². The van der Waals surface area contributed by atoms with Gasteiger partial charge in [-0.3, -0.25) is 4.79 Å². The lowest BCUT2D eigenvalue weighted by molar-refractivity contribution is -0.870. The molecule has 0 aliphatic rings. The van der Waals surface area contributed by atoms with Crippen molar-refractivity contribution in [2.45, 2.75) is 10.7 Å². The fraction of sp³-hybridized carbons (Fsp3) is 0.500. The summed E-state index contributed by atoms with van der Waals surface area (Å²) < 4.78 is 0.943. The van der Waals surface area contributed by atoms with E-state index in [0.29, 0.717) is 0 Å². The molecular formula is C14H21Br2INO2+. The van der Waals surface area contributed by atoms with Gasteiger partial charge in [-0.2, -0.15) is 0 Å². The summed E-state index contributed by atoms with van der Waals surface area (Å²) in [6.07, 6.45) is 0. The first-order valence-corrected chi connectivity index (χ1v) is 9.42. The molecule has 6 heteroatoms. The lowest BCUT2D eigenvalue weighted by Crippen LogP contribution is -2.36. The monoisotopic (exact) mass is 520 g/mol. The third-order valence-electron chi connectivity index (χ3n) is 2.49. The number of aliphatic hydroxyl groups excluding tert-OH is 1. The third kappa shape index (κ3) is 8.07. The van der Waals surface area contributed by atoms with Crippen LogP contribution < -0.4 is 0 Å². The van der Waals surface area contributed by atoms with E-state index in [1.54, 1.807) is 0 Å². The maximum atomic E-state index is 11.3. The highest BCUT2D eigenvalue weighted by molar-refractivity contribution is 14.1. The van der Waals surface area contributed by atoms with Crippen LogP contribution in [0.4, 0.5) is 0 Å². The molecule has 114 valence electrons. The summed E-state index contributed by atoms with van der Waals surface area (Å²) in [5.41, 5.74) is 2.93. The smallest absolute Gasteiger partial charge is 0.223 e. The Morgan fingerprint density at radius 3 is 1.85 bits per heavy atom. The van der Waals surface area contributed by atoms with E-state index >= 15 is 0 Å². The molecule has 1 N–H and O–H groups in total. The van der Waals surface area contributed by atoms with Gasteiger partial charge in [-0.15, -0.1) is 0 Å². The minimum absolute atomic E-state index is 0.0992. The van der Waals surface area contributed by atoms with Crippen molar-refractivity contribution < 1.29 is 14.4 Å². The van der Waals surface area contributed by atoms with Gasteiger partial charge in [-0.25, -0.2) is 0 Å². The molecule has 0 spiro atoms. The summed E-state index contributed by atoms with van der Waals surface area (Å²) in [7, 11) is 6.16. The van der Waals surface area contributed by atoms with Crippen LogP contribution in [0.3, 0.4) is 0 Å². The van der Waals surface area contributed by atoms with Crippen LogP contribution in [-0.2, 0) is 10.7 Å². The first-order chi connectivity index (χ1) is 9.26. The number of rotatable bonds is 5. The van der Waals surface area contributed by atoms with E-state index in [-0.39, 0.29) is 10.4 Å². The summed E-state index contributed by atoms with van der Waals surface area (Å²) in [4.78, 5) is 11.3. The van der Waals surface area contributed by atoms with E-state index < -0.39 is 0 Å². The van der Waals surface area contributed by atoms with Crippen LogP contribution in [0, 0.1) is 0 Å². The number of hydrogen-bond donors (Lipinski definition) is 1. The maximum absolute atomic E-state index is 11.3. The molecule has 0 radical (unpaired) electrons. The van der Waals surface area contributed by atoms with Crippen molar-refractivity contribution in [3.63, 3.8) is 0 Å². The molecule has 0 atom stereocenters. The number of quaternary nitrogens is 1. The van der Waals surface area contributed by atoms with Crippen LogP contribution in [0.1, 0.15) is 21.5 Å². The second kappa shape index (κ2) is 10.3. The molecule has 0 aliphatic carbocycles. The van der Waals surface area contributed by atoms with Gasteiger partial charge in [-0.05, 0) is 11.1 Å². The van der Waals surface area contributed by atoms with E-state index in [4.69, 9.17) is 5.11 Å². The molecule has 0 heterocycles. The summed E-state index contributed by atoms with van der Waals surface area (Å²) in [5, 5.41) is 9.83. The molecule has 3 nitrogen and oxygen atoms in total. The Hall–Kier alpha value is 0.500. The van der Waals surface area contributed by atoms with E-state index in [1.165, 1.54) is 0 Å². The predicted molar refractivity (Wildman–Crippen MR) is 100 cm³/mol. The van der Waals surface area contributed by atoms with Gasteiger partial charge in [0.15, 0.2) is 0 Å². The Morgan fingerprint density at radius 1 is 1.20 bits per heavy atom. The molecule has 0 aliphatic heterocycles. The van der Waals surface area contributed by atoms with E-state index in [9.17, 15) is 4.79 Å². The third-order valence-corrected chi connectivity index (χ3v) is 4.24. The number of alkyl halides is 2. The SMILES string of the molecule is C[N+](C)(C)CCO.O=C(I)c1c(CBr)cccc1CBr. The highest BCUT2D eigenvalue weighted by Gasteiger charge is 2.11. The molecule has 0 unspecified atom stereocenters. The fourth-order valence-electron chi connectivity index (χ4n) is 1.43. The van der Waals surface area contributed by atoms with Crippen LogP contribution in [-0.4, -0.2) is 47.7 Å². The number of nitrogens with zero attached hydrogens (tertiary/aromatic N) is 1. The quantitative estimate of drug-likeness (QED) is 0.277. The number of hydrogen-bond acceptors (Lipinski definition) is 2. The first-order valence-electron chi connectivity index (χ1n) is 6.10. The number of benzene rings is 1. The molecule has 20 heavy (non-hydrogen) atoms. The average Bonchev–Trinajstić information content (AvgIpc) is 2.36. The zero-order valence-electron chi connectivity index (χ0n) is 12.0. The zero-order chi connectivity index (χ0) is 15.8. The molecule has 0 saturated heterocycles. The molecule has 1 rings (SSSR count). The Bertz CT molecular complexity index is 411. The summed E-state index contributed by atoms with van der Waals surface area (Å²) in [5.74, 6) is 0. The van der Waals surface area contributed by atoms with Gasteiger partial charge in [-0.1, -0.05) is 50.1 Å². The molecule has 0 aromatic heterocycles. The minimum Gasteiger partial charge on any atom is -0.391 e. The Morgan fingerprint density at radius 2 is 1.65 bits per heavy atom. The fourth-order valence-corrected chi connectivity index (χ4v) is 3.06. The molecule has 0 fully saturated rings. The number of aliphatic hydroxyl groups is 1. The zero-order valence-corrected chi connectivity index (χ0v) is 17.3. The summed E-state index contributed by atoms with van der Waals surface area (Å²) >= 11 is 8.56.